The van der Waals surface area contributed by atoms with E-state index >= 15 is 0 Å². The molecule has 0 unspecified atom stereocenters. The maximum absolute atomic E-state index is 12.1. The number of para-hydroxylation sites is 1. The molecule has 122 valence electrons. The predicted molar refractivity (Wildman–Crippen MR) is 87.4 cm³/mol. The predicted octanol–water partition coefficient (Wildman–Crippen LogP) is 2.33. The number of anilines is 2. The van der Waals surface area contributed by atoms with Crippen LogP contribution in [0.15, 0.2) is 18.2 Å². The first-order chi connectivity index (χ1) is 10.3. The summed E-state index contributed by atoms with van der Waals surface area (Å²) in [4.78, 5) is 16.0. The van der Waals surface area contributed by atoms with Crippen LogP contribution in [0.1, 0.15) is 20.8 Å². The number of hydrogen-bond donors (Lipinski definition) is 1. The zero-order valence-electron chi connectivity index (χ0n) is 13.8. The topological polar surface area (TPSA) is 68.0 Å². The van der Waals surface area contributed by atoms with Crippen molar-refractivity contribution in [2.24, 2.45) is 0 Å². The average Bonchev–Trinajstić information content (AvgIpc) is 2.45. The standard InChI is InChI=1S/C16H25N3O3/c1-16(2,3)22-15(20)19-10-8-18(9-11-19)13-7-5-6-12(17)14(13)21-4/h5-7H,8-11,17H2,1-4H3. The number of piperazine rings is 1. The fourth-order valence-corrected chi connectivity index (χ4v) is 2.47. The number of methoxy groups -OCH3 is 1. The largest absolute Gasteiger partial charge is 0.492 e. The van der Waals surface area contributed by atoms with Crippen LogP contribution >= 0.6 is 0 Å². The molecule has 0 bridgehead atoms. The van der Waals surface area contributed by atoms with E-state index < -0.39 is 5.60 Å². The highest BCUT2D eigenvalue weighted by atomic mass is 16.6. The second kappa shape index (κ2) is 6.34. The molecule has 0 aliphatic carbocycles. The van der Waals surface area contributed by atoms with Gasteiger partial charge in [-0.2, -0.15) is 0 Å². The fourth-order valence-electron chi connectivity index (χ4n) is 2.47. The van der Waals surface area contributed by atoms with E-state index in [2.05, 4.69) is 4.90 Å². The molecule has 0 radical (unpaired) electrons. The van der Waals surface area contributed by atoms with Gasteiger partial charge < -0.3 is 25.0 Å². The molecule has 22 heavy (non-hydrogen) atoms. The Morgan fingerprint density at radius 1 is 1.18 bits per heavy atom. The SMILES string of the molecule is COc1c(N)cccc1N1CCN(C(=O)OC(C)(C)C)CC1. The molecule has 2 rings (SSSR count). The Labute approximate surface area is 131 Å². The number of carbonyl (C=O) groups is 1. The van der Waals surface area contributed by atoms with Crippen LogP contribution in [0, 0.1) is 0 Å². The molecule has 1 aliphatic heterocycles. The van der Waals surface area contributed by atoms with Gasteiger partial charge in [0.25, 0.3) is 0 Å². The average molecular weight is 307 g/mol. The van der Waals surface area contributed by atoms with Crippen molar-refractivity contribution < 1.29 is 14.3 Å². The van der Waals surface area contributed by atoms with Gasteiger partial charge in [-0.3, -0.25) is 0 Å². The molecular formula is C16H25N3O3. The molecule has 1 fully saturated rings. The summed E-state index contributed by atoms with van der Waals surface area (Å²) < 4.78 is 10.8. The van der Waals surface area contributed by atoms with Gasteiger partial charge in [-0.15, -0.1) is 0 Å². The van der Waals surface area contributed by atoms with Crippen LogP contribution in [0.25, 0.3) is 0 Å². The van der Waals surface area contributed by atoms with Crippen LogP contribution in [0.4, 0.5) is 16.2 Å². The van der Waals surface area contributed by atoms with Crippen LogP contribution in [-0.4, -0.2) is 49.9 Å². The number of benzene rings is 1. The van der Waals surface area contributed by atoms with Crippen LogP contribution < -0.4 is 15.4 Å². The number of ether oxygens (including phenoxy) is 2. The van der Waals surface area contributed by atoms with Crippen LogP contribution in [0.5, 0.6) is 5.75 Å². The fraction of sp³-hybridized carbons (Fsp3) is 0.562. The van der Waals surface area contributed by atoms with Crippen molar-refractivity contribution in [1.29, 1.82) is 0 Å². The van der Waals surface area contributed by atoms with Gasteiger partial charge in [-0.1, -0.05) is 6.07 Å². The molecule has 6 heteroatoms. The van der Waals surface area contributed by atoms with Crippen LogP contribution in [-0.2, 0) is 4.74 Å². The second-order valence-electron chi connectivity index (χ2n) is 6.35. The molecule has 6 nitrogen and oxygen atoms in total. The zero-order valence-corrected chi connectivity index (χ0v) is 13.8. The van der Waals surface area contributed by atoms with Gasteiger partial charge in [-0.25, -0.2) is 4.79 Å². The van der Waals surface area contributed by atoms with Crippen LogP contribution in [0.2, 0.25) is 0 Å². The van der Waals surface area contributed by atoms with E-state index in [4.69, 9.17) is 15.2 Å². The molecule has 0 spiro atoms. The first-order valence-electron chi connectivity index (χ1n) is 7.47. The highest BCUT2D eigenvalue weighted by molar-refractivity contribution is 5.72. The van der Waals surface area contributed by atoms with E-state index in [9.17, 15) is 4.79 Å². The Morgan fingerprint density at radius 2 is 1.82 bits per heavy atom. The van der Waals surface area contributed by atoms with E-state index in [0.717, 1.165) is 18.8 Å². The van der Waals surface area contributed by atoms with E-state index in [0.29, 0.717) is 24.5 Å². The molecule has 1 amide bonds. The first kappa shape index (κ1) is 16.3. The van der Waals surface area contributed by atoms with Crippen molar-refractivity contribution in [3.63, 3.8) is 0 Å². The Hall–Kier alpha value is -2.11. The highest BCUT2D eigenvalue weighted by Crippen LogP contribution is 2.34. The lowest BCUT2D eigenvalue weighted by molar-refractivity contribution is 0.0240. The lowest BCUT2D eigenvalue weighted by atomic mass is 10.2. The number of nitrogen functional groups attached to an aromatic ring is 1. The number of hydrogen-bond acceptors (Lipinski definition) is 5. The molecular weight excluding hydrogens is 282 g/mol. The lowest BCUT2D eigenvalue weighted by Crippen LogP contribution is -2.50. The Bertz CT molecular complexity index is 532. The maximum Gasteiger partial charge on any atom is 0.410 e. The van der Waals surface area contributed by atoms with E-state index in [1.54, 1.807) is 12.0 Å². The third-order valence-electron chi connectivity index (χ3n) is 3.50. The van der Waals surface area contributed by atoms with Crippen molar-refractivity contribution in [1.82, 2.24) is 4.90 Å². The number of rotatable bonds is 2. The molecule has 1 aromatic rings. The van der Waals surface area contributed by atoms with Gasteiger partial charge in [-0.05, 0) is 32.9 Å². The number of nitrogens with zero attached hydrogens (tertiary/aromatic N) is 2. The minimum atomic E-state index is -0.467. The zero-order chi connectivity index (χ0) is 16.3. The maximum atomic E-state index is 12.1. The quantitative estimate of drug-likeness (QED) is 0.849. The molecule has 2 N–H and O–H groups in total. The summed E-state index contributed by atoms with van der Waals surface area (Å²) in [6, 6.07) is 5.71. The van der Waals surface area contributed by atoms with Gasteiger partial charge in [0.2, 0.25) is 0 Å². The Kier molecular flexibility index (Phi) is 4.68. The first-order valence-corrected chi connectivity index (χ1v) is 7.47. The van der Waals surface area contributed by atoms with Gasteiger partial charge in [0.1, 0.15) is 5.60 Å². The van der Waals surface area contributed by atoms with Gasteiger partial charge >= 0.3 is 6.09 Å². The minimum absolute atomic E-state index is 0.258. The summed E-state index contributed by atoms with van der Waals surface area (Å²) >= 11 is 0. The summed E-state index contributed by atoms with van der Waals surface area (Å²) in [5.74, 6) is 0.688. The molecule has 1 aliphatic rings. The van der Waals surface area contributed by atoms with Gasteiger partial charge in [0.05, 0.1) is 18.5 Å². The third-order valence-corrected chi connectivity index (χ3v) is 3.50. The third kappa shape index (κ3) is 3.75. The van der Waals surface area contributed by atoms with Crippen LogP contribution in [0.3, 0.4) is 0 Å². The summed E-state index contributed by atoms with van der Waals surface area (Å²) in [6.45, 7) is 8.30. The van der Waals surface area contributed by atoms with Crippen molar-refractivity contribution in [2.75, 3.05) is 43.9 Å². The number of amides is 1. The number of nitrogens with two attached hydrogens (primary N) is 1. The molecule has 1 heterocycles. The Morgan fingerprint density at radius 3 is 2.36 bits per heavy atom. The van der Waals surface area contributed by atoms with Crippen molar-refractivity contribution in [3.05, 3.63) is 18.2 Å². The van der Waals surface area contributed by atoms with Crippen molar-refractivity contribution in [3.8, 4) is 5.75 Å². The van der Waals surface area contributed by atoms with Gasteiger partial charge in [0.15, 0.2) is 5.75 Å². The summed E-state index contributed by atoms with van der Waals surface area (Å²) in [5, 5.41) is 0. The molecule has 0 aromatic heterocycles. The van der Waals surface area contributed by atoms with E-state index in [1.807, 2.05) is 39.0 Å². The molecule has 0 saturated carbocycles. The number of carbonyl (C=O) groups excluding carboxylic acids is 1. The molecule has 0 atom stereocenters. The van der Waals surface area contributed by atoms with E-state index in [-0.39, 0.29) is 6.09 Å². The summed E-state index contributed by atoms with van der Waals surface area (Å²) in [6.07, 6.45) is -0.258. The second-order valence-corrected chi connectivity index (χ2v) is 6.35. The smallest absolute Gasteiger partial charge is 0.410 e. The monoisotopic (exact) mass is 307 g/mol. The minimum Gasteiger partial charge on any atom is -0.492 e. The summed E-state index contributed by atoms with van der Waals surface area (Å²) in [5.41, 5.74) is 7.06. The lowest BCUT2D eigenvalue weighted by Gasteiger charge is -2.37. The normalized spacial score (nSPS) is 15.6. The Balaban J connectivity index is 2.01. The molecule has 1 saturated heterocycles. The van der Waals surface area contributed by atoms with E-state index in [1.165, 1.54) is 0 Å². The van der Waals surface area contributed by atoms with Gasteiger partial charge in [0, 0.05) is 26.2 Å². The van der Waals surface area contributed by atoms with Crippen molar-refractivity contribution >= 4 is 17.5 Å². The summed E-state index contributed by atoms with van der Waals surface area (Å²) in [7, 11) is 1.62. The molecule has 1 aromatic carbocycles. The highest BCUT2D eigenvalue weighted by Gasteiger charge is 2.27. The van der Waals surface area contributed by atoms with Crippen molar-refractivity contribution in [2.45, 2.75) is 26.4 Å².